The topological polar surface area (TPSA) is 54.0 Å². The van der Waals surface area contributed by atoms with Gasteiger partial charge in [0.2, 0.25) is 0 Å². The minimum atomic E-state index is 0.516. The van der Waals surface area contributed by atoms with Crippen LogP contribution in [-0.4, -0.2) is 16.3 Å². The van der Waals surface area contributed by atoms with Crippen molar-refractivity contribution in [2.24, 2.45) is 5.11 Å². The number of hydrogen-bond donors (Lipinski definition) is 1. The van der Waals surface area contributed by atoms with Gasteiger partial charge >= 0.3 is 0 Å². The summed E-state index contributed by atoms with van der Waals surface area (Å²) in [6, 6.07) is 1.85. The van der Waals surface area contributed by atoms with Gasteiger partial charge in [-0.05, 0) is 6.07 Å². The molecule has 9 heavy (non-hydrogen) atoms. The van der Waals surface area contributed by atoms with Crippen LogP contribution in [0.5, 0.6) is 0 Å². The van der Waals surface area contributed by atoms with Crippen molar-refractivity contribution in [3.05, 3.63) is 18.5 Å². The molecule has 0 amide bonds. The van der Waals surface area contributed by atoms with E-state index in [-0.39, 0.29) is 0 Å². The molecule has 1 aromatic rings. The zero-order chi connectivity index (χ0) is 6.53. The second kappa shape index (κ2) is 2.96. The smallest absolute Gasteiger partial charge is 0.0792 e. The molecule has 0 fully saturated rings. The first-order valence-electron chi connectivity index (χ1n) is 2.74. The molecule has 1 rings (SSSR count). The van der Waals surface area contributed by atoms with Gasteiger partial charge in [0.25, 0.3) is 0 Å². The lowest BCUT2D eigenvalue weighted by Gasteiger charge is -1.92. The van der Waals surface area contributed by atoms with Gasteiger partial charge in [0.05, 0.1) is 13.1 Å². The van der Waals surface area contributed by atoms with Crippen LogP contribution < -0.4 is 0 Å². The van der Waals surface area contributed by atoms with Gasteiger partial charge in [0.15, 0.2) is 0 Å². The van der Waals surface area contributed by atoms with E-state index in [1.807, 2.05) is 12.3 Å². The van der Waals surface area contributed by atoms with E-state index in [1.54, 1.807) is 10.9 Å². The minimum absolute atomic E-state index is 0.516. The Morgan fingerprint density at radius 3 is 3.11 bits per heavy atom. The molecule has 4 heteroatoms. The predicted molar refractivity (Wildman–Crippen MR) is 32.2 cm³/mol. The van der Waals surface area contributed by atoms with E-state index in [4.69, 9.17) is 5.53 Å². The van der Waals surface area contributed by atoms with Crippen molar-refractivity contribution in [2.45, 2.75) is 6.54 Å². The van der Waals surface area contributed by atoms with Crippen molar-refractivity contribution in [3.63, 3.8) is 0 Å². The van der Waals surface area contributed by atoms with E-state index >= 15 is 0 Å². The highest BCUT2D eigenvalue weighted by molar-refractivity contribution is 4.77. The monoisotopic (exact) mass is 124 g/mol. The molecule has 0 spiro atoms. The largest absolute Gasteiger partial charge is 0.271 e. The lowest BCUT2D eigenvalue weighted by Crippen LogP contribution is -1.99. The Morgan fingerprint density at radius 1 is 1.67 bits per heavy atom. The Hall–Kier alpha value is -1.19. The van der Waals surface area contributed by atoms with Gasteiger partial charge in [0.1, 0.15) is 0 Å². The SMILES string of the molecule is N=NCCn1cccn1. The van der Waals surface area contributed by atoms with Crippen LogP contribution in [0, 0.1) is 5.53 Å². The van der Waals surface area contributed by atoms with Crippen LogP contribution >= 0.6 is 0 Å². The van der Waals surface area contributed by atoms with Crippen molar-refractivity contribution in [3.8, 4) is 0 Å². The normalized spacial score (nSPS) is 9.33. The van der Waals surface area contributed by atoms with Crippen LogP contribution in [0.1, 0.15) is 0 Å². The van der Waals surface area contributed by atoms with E-state index < -0.39 is 0 Å². The summed E-state index contributed by atoms with van der Waals surface area (Å²) in [6.45, 7) is 1.22. The Bertz CT molecular complexity index is 167. The maximum Gasteiger partial charge on any atom is 0.0792 e. The summed E-state index contributed by atoms with van der Waals surface area (Å²) < 4.78 is 1.75. The fourth-order valence-corrected chi connectivity index (χ4v) is 0.585. The van der Waals surface area contributed by atoms with Crippen LogP contribution in [0.15, 0.2) is 23.6 Å². The number of rotatable bonds is 3. The maximum absolute atomic E-state index is 6.49. The third-order valence-corrected chi connectivity index (χ3v) is 1.00. The van der Waals surface area contributed by atoms with Crippen molar-refractivity contribution in [1.82, 2.24) is 9.78 Å². The molecule has 0 aliphatic carbocycles. The molecular formula is C5H8N4. The summed E-state index contributed by atoms with van der Waals surface area (Å²) in [4.78, 5) is 0. The van der Waals surface area contributed by atoms with E-state index in [9.17, 15) is 0 Å². The van der Waals surface area contributed by atoms with Crippen molar-refractivity contribution in [1.29, 1.82) is 5.53 Å². The number of aromatic nitrogens is 2. The molecule has 0 radical (unpaired) electrons. The predicted octanol–water partition coefficient (Wildman–Crippen LogP) is 0.914. The number of hydrogen-bond acceptors (Lipinski definition) is 3. The van der Waals surface area contributed by atoms with Crippen LogP contribution in [0.3, 0.4) is 0 Å². The zero-order valence-corrected chi connectivity index (χ0v) is 4.99. The average Bonchev–Trinajstić information content (AvgIpc) is 2.34. The van der Waals surface area contributed by atoms with Crippen LogP contribution in [0.4, 0.5) is 0 Å². The van der Waals surface area contributed by atoms with E-state index in [0.29, 0.717) is 13.1 Å². The number of nitrogens with zero attached hydrogens (tertiary/aromatic N) is 3. The molecule has 1 aromatic heterocycles. The first-order chi connectivity index (χ1) is 4.43. The standard InChI is InChI=1S/C5H8N4/c6-7-3-5-9-4-1-2-8-9/h1-2,4,6H,3,5H2. The second-order valence-corrected chi connectivity index (χ2v) is 1.65. The minimum Gasteiger partial charge on any atom is -0.271 e. The molecule has 0 unspecified atom stereocenters. The van der Waals surface area contributed by atoms with Gasteiger partial charge in [-0.15, -0.1) is 0 Å². The van der Waals surface area contributed by atoms with Gasteiger partial charge in [-0.1, -0.05) is 0 Å². The highest BCUT2D eigenvalue weighted by Crippen LogP contribution is 1.83. The molecule has 0 saturated carbocycles. The third-order valence-electron chi connectivity index (χ3n) is 1.00. The Labute approximate surface area is 53.0 Å². The van der Waals surface area contributed by atoms with Gasteiger partial charge in [-0.2, -0.15) is 10.2 Å². The molecule has 48 valence electrons. The lowest BCUT2D eigenvalue weighted by atomic mass is 10.6. The molecule has 1 N–H and O–H groups in total. The third kappa shape index (κ3) is 1.64. The first kappa shape index (κ1) is 5.94. The summed E-state index contributed by atoms with van der Waals surface area (Å²) in [7, 11) is 0. The molecule has 0 aromatic carbocycles. The molecule has 0 aliphatic heterocycles. The van der Waals surface area contributed by atoms with Crippen LogP contribution in [0.2, 0.25) is 0 Å². The molecule has 0 saturated heterocycles. The zero-order valence-electron chi connectivity index (χ0n) is 4.99. The van der Waals surface area contributed by atoms with E-state index in [1.165, 1.54) is 0 Å². The highest BCUT2D eigenvalue weighted by Gasteiger charge is 1.85. The quantitative estimate of drug-likeness (QED) is 0.598. The van der Waals surface area contributed by atoms with Crippen molar-refractivity contribution < 1.29 is 0 Å². The van der Waals surface area contributed by atoms with Gasteiger partial charge in [-0.25, -0.2) is 5.53 Å². The van der Waals surface area contributed by atoms with Gasteiger partial charge < -0.3 is 0 Å². The van der Waals surface area contributed by atoms with Crippen LogP contribution in [-0.2, 0) is 6.54 Å². The Morgan fingerprint density at radius 2 is 2.56 bits per heavy atom. The second-order valence-electron chi connectivity index (χ2n) is 1.65. The van der Waals surface area contributed by atoms with Crippen molar-refractivity contribution >= 4 is 0 Å². The van der Waals surface area contributed by atoms with Gasteiger partial charge in [-0.3, -0.25) is 4.68 Å². The fraction of sp³-hybridized carbons (Fsp3) is 0.400. The van der Waals surface area contributed by atoms with E-state index in [2.05, 4.69) is 10.2 Å². The summed E-state index contributed by atoms with van der Waals surface area (Å²) >= 11 is 0. The molecule has 4 nitrogen and oxygen atoms in total. The Balaban J connectivity index is 2.38. The summed E-state index contributed by atoms with van der Waals surface area (Å²) in [5.41, 5.74) is 6.49. The molecular weight excluding hydrogens is 116 g/mol. The molecule has 0 aliphatic rings. The maximum atomic E-state index is 6.49. The lowest BCUT2D eigenvalue weighted by molar-refractivity contribution is 0.610. The summed E-state index contributed by atoms with van der Waals surface area (Å²) in [6.07, 6.45) is 3.56. The van der Waals surface area contributed by atoms with E-state index in [0.717, 1.165) is 0 Å². The molecule has 0 bridgehead atoms. The highest BCUT2D eigenvalue weighted by atomic mass is 15.3. The van der Waals surface area contributed by atoms with Crippen molar-refractivity contribution in [2.75, 3.05) is 6.54 Å². The average molecular weight is 124 g/mol. The summed E-state index contributed by atoms with van der Waals surface area (Å²) in [5.74, 6) is 0. The first-order valence-corrected chi connectivity index (χ1v) is 2.74. The Kier molecular flexibility index (Phi) is 1.95. The fourth-order valence-electron chi connectivity index (χ4n) is 0.585. The van der Waals surface area contributed by atoms with Crippen LogP contribution in [0.25, 0.3) is 0 Å². The molecule has 1 heterocycles. The number of nitrogens with one attached hydrogen (secondary N) is 1. The molecule has 0 atom stereocenters. The summed E-state index contributed by atoms with van der Waals surface area (Å²) in [5, 5.41) is 7.13. The van der Waals surface area contributed by atoms with Gasteiger partial charge in [0, 0.05) is 12.4 Å².